The molecule has 0 radical (unpaired) electrons. The number of aromatic nitrogens is 1. The first kappa shape index (κ1) is 15.7. The van der Waals surface area contributed by atoms with Crippen molar-refractivity contribution in [3.63, 3.8) is 0 Å². The number of hydrogen-bond donors (Lipinski definition) is 1. The minimum atomic E-state index is -3.14. The molecule has 114 valence electrons. The van der Waals surface area contributed by atoms with Crippen LogP contribution >= 0.6 is 11.8 Å². The van der Waals surface area contributed by atoms with Crippen molar-refractivity contribution in [1.82, 2.24) is 10.3 Å². The van der Waals surface area contributed by atoms with Crippen LogP contribution in [0, 0.1) is 0 Å². The van der Waals surface area contributed by atoms with Gasteiger partial charge in [0.2, 0.25) is 0 Å². The number of rotatable bonds is 6. The third-order valence-corrected chi connectivity index (χ3v) is 6.53. The topological polar surface area (TPSA) is 75.4 Å². The highest BCUT2D eigenvalue weighted by Gasteiger charge is 2.35. The summed E-state index contributed by atoms with van der Waals surface area (Å²) in [5.74, 6) is 1.60. The Kier molecular flexibility index (Phi) is 5.34. The quantitative estimate of drug-likeness (QED) is 0.841. The Morgan fingerprint density at radius 2 is 2.35 bits per heavy atom. The first-order valence-corrected chi connectivity index (χ1v) is 9.66. The van der Waals surface area contributed by atoms with E-state index < -0.39 is 15.2 Å². The van der Waals surface area contributed by atoms with E-state index in [4.69, 9.17) is 4.42 Å². The van der Waals surface area contributed by atoms with E-state index >= 15 is 0 Å². The molecule has 0 aromatic carbocycles. The number of anilines is 1. The van der Waals surface area contributed by atoms with Gasteiger partial charge in [0.25, 0.3) is 6.01 Å². The summed E-state index contributed by atoms with van der Waals surface area (Å²) >= 11 is 1.66. The molecular formula is C12H21N3O3S2. The molecular weight excluding hydrogens is 298 g/mol. The minimum Gasteiger partial charge on any atom is -0.432 e. The van der Waals surface area contributed by atoms with Gasteiger partial charge in [-0.05, 0) is 6.54 Å². The maximum Gasteiger partial charge on any atom is 0.298 e. The van der Waals surface area contributed by atoms with E-state index in [0.29, 0.717) is 24.9 Å². The van der Waals surface area contributed by atoms with Crippen molar-refractivity contribution in [2.75, 3.05) is 35.2 Å². The summed E-state index contributed by atoms with van der Waals surface area (Å²) in [4.78, 5) is 6.18. The van der Waals surface area contributed by atoms with Gasteiger partial charge in [0, 0.05) is 30.3 Å². The number of hydrogen-bond acceptors (Lipinski definition) is 7. The number of nitrogens with zero attached hydrogens (tertiary/aromatic N) is 2. The summed E-state index contributed by atoms with van der Waals surface area (Å²) in [5.41, 5.74) is 0.799. The predicted octanol–water partition coefficient (Wildman–Crippen LogP) is 1.10. The Morgan fingerprint density at radius 1 is 1.55 bits per heavy atom. The second kappa shape index (κ2) is 6.82. The van der Waals surface area contributed by atoms with E-state index in [1.54, 1.807) is 29.8 Å². The van der Waals surface area contributed by atoms with E-state index in [-0.39, 0.29) is 5.75 Å². The molecule has 6 nitrogen and oxygen atoms in total. The van der Waals surface area contributed by atoms with Crippen LogP contribution in [0.5, 0.6) is 0 Å². The van der Waals surface area contributed by atoms with Gasteiger partial charge in [-0.3, -0.25) is 0 Å². The van der Waals surface area contributed by atoms with Gasteiger partial charge < -0.3 is 14.6 Å². The first-order valence-electron chi connectivity index (χ1n) is 6.79. The van der Waals surface area contributed by atoms with Crippen LogP contribution < -0.4 is 10.2 Å². The van der Waals surface area contributed by atoms with Gasteiger partial charge in [0.05, 0.1) is 5.69 Å². The third-order valence-electron chi connectivity index (χ3n) is 3.24. The molecule has 1 fully saturated rings. The minimum absolute atomic E-state index is 0.139. The molecule has 2 heterocycles. The largest absolute Gasteiger partial charge is 0.432 e. The van der Waals surface area contributed by atoms with Gasteiger partial charge in [-0.15, -0.1) is 0 Å². The molecule has 0 amide bonds. The van der Waals surface area contributed by atoms with Crippen LogP contribution in [0.3, 0.4) is 0 Å². The highest BCUT2D eigenvalue weighted by atomic mass is 32.2. The Balaban J connectivity index is 2.17. The lowest BCUT2D eigenvalue weighted by Gasteiger charge is -2.33. The zero-order valence-electron chi connectivity index (χ0n) is 11.8. The highest BCUT2D eigenvalue weighted by Crippen LogP contribution is 2.26. The highest BCUT2D eigenvalue weighted by molar-refractivity contribution is 8.01. The van der Waals surface area contributed by atoms with Gasteiger partial charge in [0.1, 0.15) is 11.6 Å². The molecule has 1 aliphatic rings. The fourth-order valence-corrected chi connectivity index (χ4v) is 5.01. The third kappa shape index (κ3) is 3.48. The fourth-order valence-electron chi connectivity index (χ4n) is 2.05. The monoisotopic (exact) mass is 319 g/mol. The van der Waals surface area contributed by atoms with E-state index in [1.807, 2.05) is 6.92 Å². The number of thioether (sulfide) groups is 1. The van der Waals surface area contributed by atoms with Crippen molar-refractivity contribution in [2.24, 2.45) is 0 Å². The molecule has 1 aliphatic heterocycles. The molecule has 1 atom stereocenters. The molecule has 0 aliphatic carbocycles. The molecule has 0 spiro atoms. The van der Waals surface area contributed by atoms with Gasteiger partial charge in [0.15, 0.2) is 9.84 Å². The van der Waals surface area contributed by atoms with E-state index in [9.17, 15) is 8.42 Å². The van der Waals surface area contributed by atoms with Crippen LogP contribution in [0.2, 0.25) is 0 Å². The maximum absolute atomic E-state index is 12.2. The summed E-state index contributed by atoms with van der Waals surface area (Å²) in [6.07, 6.45) is 1.59. The predicted molar refractivity (Wildman–Crippen MR) is 81.8 cm³/mol. The standard InChI is InChI=1S/C12H21N3O3S2/c1-3-13-7-10-8-18-12(14-10)15-5-6-19-9-11(15)20(16,17)4-2/h8,11,13H,3-7,9H2,1-2H3. The molecule has 1 aromatic rings. The molecule has 20 heavy (non-hydrogen) atoms. The number of oxazole rings is 1. The summed E-state index contributed by atoms with van der Waals surface area (Å²) < 4.78 is 29.8. The lowest BCUT2D eigenvalue weighted by Crippen LogP contribution is -2.48. The van der Waals surface area contributed by atoms with E-state index in [2.05, 4.69) is 10.3 Å². The number of sulfone groups is 1. The summed E-state index contributed by atoms with van der Waals surface area (Å²) in [5, 5.41) is 2.64. The van der Waals surface area contributed by atoms with Crippen molar-refractivity contribution in [3.05, 3.63) is 12.0 Å². The van der Waals surface area contributed by atoms with Gasteiger partial charge in [-0.25, -0.2) is 8.42 Å². The Morgan fingerprint density at radius 3 is 3.05 bits per heavy atom. The molecule has 8 heteroatoms. The summed E-state index contributed by atoms with van der Waals surface area (Å²) in [7, 11) is -3.14. The van der Waals surface area contributed by atoms with Crippen molar-refractivity contribution < 1.29 is 12.8 Å². The van der Waals surface area contributed by atoms with Crippen molar-refractivity contribution >= 4 is 27.6 Å². The molecule has 0 saturated carbocycles. The zero-order valence-corrected chi connectivity index (χ0v) is 13.5. The second-order valence-corrected chi connectivity index (χ2v) is 8.17. The van der Waals surface area contributed by atoms with Crippen molar-refractivity contribution in [3.8, 4) is 0 Å². The lowest BCUT2D eigenvalue weighted by molar-refractivity contribution is 0.520. The molecule has 2 rings (SSSR count). The molecule has 1 aromatic heterocycles. The van der Waals surface area contributed by atoms with E-state index in [0.717, 1.165) is 18.0 Å². The molecule has 1 unspecified atom stereocenters. The average molecular weight is 319 g/mol. The lowest BCUT2D eigenvalue weighted by atomic mass is 10.5. The van der Waals surface area contributed by atoms with Crippen LogP contribution in [0.1, 0.15) is 19.5 Å². The van der Waals surface area contributed by atoms with Crippen LogP contribution in [-0.2, 0) is 16.4 Å². The smallest absolute Gasteiger partial charge is 0.298 e. The van der Waals surface area contributed by atoms with Crippen molar-refractivity contribution in [2.45, 2.75) is 25.8 Å². The van der Waals surface area contributed by atoms with Crippen LogP contribution in [0.25, 0.3) is 0 Å². The fraction of sp³-hybridized carbons (Fsp3) is 0.750. The average Bonchev–Trinajstić information content (AvgIpc) is 2.94. The molecule has 1 saturated heterocycles. The van der Waals surface area contributed by atoms with E-state index in [1.165, 1.54) is 0 Å². The van der Waals surface area contributed by atoms with Crippen LogP contribution in [-0.4, -0.2) is 49.1 Å². The van der Waals surface area contributed by atoms with Gasteiger partial charge >= 0.3 is 0 Å². The second-order valence-electron chi connectivity index (χ2n) is 4.58. The maximum atomic E-state index is 12.2. The SMILES string of the molecule is CCNCc1coc(N2CCSCC2S(=O)(=O)CC)n1. The zero-order chi connectivity index (χ0) is 14.6. The van der Waals surface area contributed by atoms with Crippen molar-refractivity contribution in [1.29, 1.82) is 0 Å². The van der Waals surface area contributed by atoms with Crippen LogP contribution in [0.15, 0.2) is 10.7 Å². The summed E-state index contributed by atoms with van der Waals surface area (Å²) in [6.45, 7) is 5.84. The first-order chi connectivity index (χ1) is 9.58. The molecule has 1 N–H and O–H groups in total. The summed E-state index contributed by atoms with van der Waals surface area (Å²) in [6, 6.07) is 0.417. The molecule has 0 bridgehead atoms. The van der Waals surface area contributed by atoms with Crippen LogP contribution in [0.4, 0.5) is 6.01 Å². The Labute approximate surface area is 124 Å². The normalized spacial score (nSPS) is 20.3. The number of nitrogens with one attached hydrogen (secondary N) is 1. The van der Waals surface area contributed by atoms with Gasteiger partial charge in [-0.2, -0.15) is 16.7 Å². The Hall–Kier alpha value is -0.730. The Bertz CT molecular complexity index is 530. The van der Waals surface area contributed by atoms with Gasteiger partial charge in [-0.1, -0.05) is 13.8 Å².